The van der Waals surface area contributed by atoms with E-state index in [1.165, 1.54) is 0 Å². The van der Waals surface area contributed by atoms with Gasteiger partial charge in [0.15, 0.2) is 0 Å². The summed E-state index contributed by atoms with van der Waals surface area (Å²) in [6.45, 7) is 2.05. The molecule has 0 aromatic heterocycles. The zero-order valence-corrected chi connectivity index (χ0v) is 9.40. The number of benzene rings is 2. The van der Waals surface area contributed by atoms with E-state index in [1.807, 2.05) is 49.4 Å². The smallest absolute Gasteiger partial charge is 0.122 e. The summed E-state index contributed by atoms with van der Waals surface area (Å²) >= 11 is 0. The molecule has 0 amide bonds. The van der Waals surface area contributed by atoms with E-state index in [-0.39, 0.29) is 0 Å². The zero-order chi connectivity index (χ0) is 11.4. The molecule has 1 N–H and O–H groups in total. The van der Waals surface area contributed by atoms with Crippen LogP contribution in [-0.2, 0) is 12.8 Å². The number of phenolic OH excluding ortho intramolecular Hbond substituents is 1. The van der Waals surface area contributed by atoms with Crippen molar-refractivity contribution in [1.82, 2.24) is 0 Å². The SMILES string of the molecule is CCc1cccc(Cc2[c]cccc2)c1O. The molecule has 81 valence electrons. The Bertz CT molecular complexity index is 460. The fraction of sp³-hybridized carbons (Fsp3) is 0.200. The molecule has 2 rings (SSSR count). The van der Waals surface area contributed by atoms with Gasteiger partial charge in [0.2, 0.25) is 0 Å². The second-order valence-electron chi connectivity index (χ2n) is 3.84. The van der Waals surface area contributed by atoms with Crippen molar-refractivity contribution in [3.05, 3.63) is 65.2 Å². The van der Waals surface area contributed by atoms with Gasteiger partial charge in [0.1, 0.15) is 5.75 Å². The fourth-order valence-corrected chi connectivity index (χ4v) is 1.82. The van der Waals surface area contributed by atoms with E-state index in [0.29, 0.717) is 5.75 Å². The topological polar surface area (TPSA) is 20.2 Å². The van der Waals surface area contributed by atoms with E-state index in [2.05, 4.69) is 6.07 Å². The number of hydrogen-bond acceptors (Lipinski definition) is 1. The molecule has 1 radical (unpaired) electrons. The predicted molar refractivity (Wildman–Crippen MR) is 65.6 cm³/mol. The van der Waals surface area contributed by atoms with E-state index in [0.717, 1.165) is 29.5 Å². The molecule has 0 heterocycles. The second-order valence-corrected chi connectivity index (χ2v) is 3.84. The molecule has 16 heavy (non-hydrogen) atoms. The molecule has 0 unspecified atom stereocenters. The highest BCUT2D eigenvalue weighted by molar-refractivity contribution is 5.42. The lowest BCUT2D eigenvalue weighted by atomic mass is 10.0. The first-order valence-corrected chi connectivity index (χ1v) is 5.56. The molecule has 0 fully saturated rings. The van der Waals surface area contributed by atoms with E-state index >= 15 is 0 Å². The molecule has 0 atom stereocenters. The van der Waals surface area contributed by atoms with E-state index in [9.17, 15) is 5.11 Å². The molecule has 0 aliphatic carbocycles. The maximum Gasteiger partial charge on any atom is 0.122 e. The van der Waals surface area contributed by atoms with Crippen molar-refractivity contribution in [2.24, 2.45) is 0 Å². The Kier molecular flexibility index (Phi) is 3.25. The van der Waals surface area contributed by atoms with Crippen LogP contribution in [0.4, 0.5) is 0 Å². The van der Waals surface area contributed by atoms with Crippen molar-refractivity contribution in [3.8, 4) is 5.75 Å². The molecule has 0 aliphatic rings. The van der Waals surface area contributed by atoms with Crippen LogP contribution in [-0.4, -0.2) is 5.11 Å². The van der Waals surface area contributed by atoms with Gasteiger partial charge >= 0.3 is 0 Å². The Balaban J connectivity index is 2.28. The standard InChI is InChI=1S/C15H15O/c1-2-13-9-6-10-14(15(13)16)11-12-7-4-3-5-8-12/h3-7,9-10,16H,2,11H2,1H3. The van der Waals surface area contributed by atoms with E-state index in [1.54, 1.807) is 0 Å². The molecule has 0 saturated carbocycles. The van der Waals surface area contributed by atoms with Gasteiger partial charge in [0, 0.05) is 6.42 Å². The van der Waals surface area contributed by atoms with E-state index < -0.39 is 0 Å². The first kappa shape index (κ1) is 10.7. The quantitative estimate of drug-likeness (QED) is 0.825. The van der Waals surface area contributed by atoms with Crippen LogP contribution in [0, 0.1) is 6.07 Å². The molecule has 0 bridgehead atoms. The molecular formula is C15H15O. The molecule has 2 aromatic carbocycles. The van der Waals surface area contributed by atoms with Crippen molar-refractivity contribution in [1.29, 1.82) is 0 Å². The number of hydrogen-bond donors (Lipinski definition) is 1. The highest BCUT2D eigenvalue weighted by atomic mass is 16.3. The molecule has 0 saturated heterocycles. The highest BCUT2D eigenvalue weighted by Crippen LogP contribution is 2.24. The van der Waals surface area contributed by atoms with Gasteiger partial charge < -0.3 is 5.11 Å². The van der Waals surface area contributed by atoms with Gasteiger partial charge in [-0.1, -0.05) is 49.4 Å². The third-order valence-electron chi connectivity index (χ3n) is 2.74. The minimum atomic E-state index is 0.433. The lowest BCUT2D eigenvalue weighted by molar-refractivity contribution is 0.463. The summed E-state index contributed by atoms with van der Waals surface area (Å²) in [5.74, 6) is 0.433. The third-order valence-corrected chi connectivity index (χ3v) is 2.74. The van der Waals surface area contributed by atoms with Crippen LogP contribution < -0.4 is 0 Å². The van der Waals surface area contributed by atoms with Crippen LogP contribution in [0.5, 0.6) is 5.75 Å². The van der Waals surface area contributed by atoms with Crippen molar-refractivity contribution in [3.63, 3.8) is 0 Å². The van der Waals surface area contributed by atoms with Crippen LogP contribution in [0.25, 0.3) is 0 Å². The maximum atomic E-state index is 10.0. The van der Waals surface area contributed by atoms with Gasteiger partial charge in [-0.3, -0.25) is 0 Å². The van der Waals surface area contributed by atoms with Crippen LogP contribution in [0.3, 0.4) is 0 Å². The first-order chi connectivity index (χ1) is 7.81. The van der Waals surface area contributed by atoms with Gasteiger partial charge in [0.05, 0.1) is 0 Å². The summed E-state index contributed by atoms with van der Waals surface area (Å²) in [5.41, 5.74) is 3.08. The lowest BCUT2D eigenvalue weighted by Gasteiger charge is -2.08. The zero-order valence-electron chi connectivity index (χ0n) is 9.40. The largest absolute Gasteiger partial charge is 0.507 e. The van der Waals surface area contributed by atoms with Crippen LogP contribution in [0.1, 0.15) is 23.6 Å². The summed E-state index contributed by atoms with van der Waals surface area (Å²) in [4.78, 5) is 0. The first-order valence-electron chi connectivity index (χ1n) is 5.56. The average Bonchev–Trinajstić information content (AvgIpc) is 2.33. The average molecular weight is 211 g/mol. The van der Waals surface area contributed by atoms with Crippen molar-refractivity contribution < 1.29 is 5.11 Å². The van der Waals surface area contributed by atoms with Crippen molar-refractivity contribution in [2.45, 2.75) is 19.8 Å². The summed E-state index contributed by atoms with van der Waals surface area (Å²) in [6, 6.07) is 17.0. The number of rotatable bonds is 3. The summed E-state index contributed by atoms with van der Waals surface area (Å²) < 4.78 is 0. The molecule has 1 nitrogen and oxygen atoms in total. The number of phenols is 1. The third kappa shape index (κ3) is 2.25. The molecule has 1 heteroatoms. The fourth-order valence-electron chi connectivity index (χ4n) is 1.82. The summed E-state index contributed by atoms with van der Waals surface area (Å²) in [7, 11) is 0. The molecule has 0 aliphatic heterocycles. The summed E-state index contributed by atoms with van der Waals surface area (Å²) in [5, 5.41) is 10.0. The Morgan fingerprint density at radius 3 is 2.56 bits per heavy atom. The highest BCUT2D eigenvalue weighted by Gasteiger charge is 2.05. The lowest BCUT2D eigenvalue weighted by Crippen LogP contribution is -1.91. The minimum Gasteiger partial charge on any atom is -0.507 e. The maximum absolute atomic E-state index is 10.0. The number of aryl methyl sites for hydroxylation is 1. The second kappa shape index (κ2) is 4.84. The van der Waals surface area contributed by atoms with Gasteiger partial charge in [-0.15, -0.1) is 0 Å². The van der Waals surface area contributed by atoms with Crippen LogP contribution >= 0.6 is 0 Å². The molecule has 2 aromatic rings. The van der Waals surface area contributed by atoms with Gasteiger partial charge in [-0.25, -0.2) is 0 Å². The number of para-hydroxylation sites is 1. The normalized spacial score (nSPS) is 10.3. The Morgan fingerprint density at radius 1 is 1.06 bits per heavy atom. The Morgan fingerprint density at radius 2 is 1.88 bits per heavy atom. The van der Waals surface area contributed by atoms with Gasteiger partial charge in [0.25, 0.3) is 0 Å². The van der Waals surface area contributed by atoms with Gasteiger partial charge in [-0.05, 0) is 29.2 Å². The molecule has 0 spiro atoms. The van der Waals surface area contributed by atoms with Crippen LogP contribution in [0.15, 0.2) is 42.5 Å². The Hall–Kier alpha value is -1.76. The van der Waals surface area contributed by atoms with Crippen molar-refractivity contribution in [2.75, 3.05) is 0 Å². The number of aromatic hydroxyl groups is 1. The Labute approximate surface area is 96.4 Å². The summed E-state index contributed by atoms with van der Waals surface area (Å²) in [6.07, 6.45) is 1.60. The van der Waals surface area contributed by atoms with Crippen molar-refractivity contribution >= 4 is 0 Å². The monoisotopic (exact) mass is 211 g/mol. The van der Waals surface area contributed by atoms with Crippen LogP contribution in [0.2, 0.25) is 0 Å². The molecular weight excluding hydrogens is 196 g/mol. The minimum absolute atomic E-state index is 0.433. The van der Waals surface area contributed by atoms with Gasteiger partial charge in [-0.2, -0.15) is 0 Å². The predicted octanol–water partition coefficient (Wildman–Crippen LogP) is 3.35. The van der Waals surface area contributed by atoms with E-state index in [4.69, 9.17) is 0 Å².